The summed E-state index contributed by atoms with van der Waals surface area (Å²) in [5, 5.41) is 5.05. The summed E-state index contributed by atoms with van der Waals surface area (Å²) in [5.41, 5.74) is 4.94. The molecule has 4 rings (SSSR count). The second-order valence-electron chi connectivity index (χ2n) is 6.98. The predicted octanol–water partition coefficient (Wildman–Crippen LogP) is 5.01. The van der Waals surface area contributed by atoms with Gasteiger partial charge in [-0.25, -0.2) is 4.98 Å². The van der Waals surface area contributed by atoms with Crippen LogP contribution in [0.5, 0.6) is 0 Å². The SMILES string of the molecule is CCc1nc2ccc(Br)cc2c(=O)n1N=Cc1cccn1-c1ccc(C)c(C)c1. The molecule has 0 unspecified atom stereocenters. The molecule has 0 N–H and O–H groups in total. The highest BCUT2D eigenvalue weighted by molar-refractivity contribution is 9.10. The lowest BCUT2D eigenvalue weighted by Gasteiger charge is -2.10. The van der Waals surface area contributed by atoms with Gasteiger partial charge in [-0.15, -0.1) is 0 Å². The highest BCUT2D eigenvalue weighted by atomic mass is 79.9. The molecule has 146 valence electrons. The van der Waals surface area contributed by atoms with E-state index >= 15 is 0 Å². The zero-order valence-corrected chi connectivity index (χ0v) is 18.1. The predicted molar refractivity (Wildman–Crippen MR) is 121 cm³/mol. The van der Waals surface area contributed by atoms with Gasteiger partial charge in [-0.1, -0.05) is 28.9 Å². The summed E-state index contributed by atoms with van der Waals surface area (Å²) in [6.07, 6.45) is 4.31. The fourth-order valence-corrected chi connectivity index (χ4v) is 3.63. The Morgan fingerprint density at radius 2 is 1.93 bits per heavy atom. The number of fused-ring (bicyclic) bond motifs is 1. The van der Waals surface area contributed by atoms with Gasteiger partial charge in [0.05, 0.1) is 22.8 Å². The smallest absolute Gasteiger partial charge is 0.282 e. The van der Waals surface area contributed by atoms with Crippen LogP contribution in [0.3, 0.4) is 0 Å². The lowest BCUT2D eigenvalue weighted by atomic mass is 10.1. The van der Waals surface area contributed by atoms with Gasteiger partial charge in [-0.05, 0) is 67.4 Å². The lowest BCUT2D eigenvalue weighted by molar-refractivity contribution is 0.734. The van der Waals surface area contributed by atoms with Crippen LogP contribution in [0.15, 0.2) is 69.1 Å². The Bertz CT molecular complexity index is 1300. The fraction of sp³-hybridized carbons (Fsp3) is 0.174. The van der Waals surface area contributed by atoms with Crippen molar-refractivity contribution in [3.05, 3.63) is 92.2 Å². The van der Waals surface area contributed by atoms with E-state index in [1.165, 1.54) is 15.8 Å². The molecular weight excluding hydrogens is 428 g/mol. The van der Waals surface area contributed by atoms with Crippen molar-refractivity contribution in [2.24, 2.45) is 5.10 Å². The van der Waals surface area contributed by atoms with Gasteiger partial charge in [0.2, 0.25) is 0 Å². The number of hydrogen-bond acceptors (Lipinski definition) is 3. The molecule has 0 bridgehead atoms. The van der Waals surface area contributed by atoms with Crippen molar-refractivity contribution < 1.29 is 0 Å². The van der Waals surface area contributed by atoms with E-state index in [9.17, 15) is 4.79 Å². The van der Waals surface area contributed by atoms with E-state index < -0.39 is 0 Å². The first kappa shape index (κ1) is 19.3. The van der Waals surface area contributed by atoms with Crippen LogP contribution in [0.2, 0.25) is 0 Å². The van der Waals surface area contributed by atoms with E-state index in [2.05, 4.69) is 62.6 Å². The average molecular weight is 449 g/mol. The van der Waals surface area contributed by atoms with E-state index in [1.807, 2.05) is 37.4 Å². The minimum absolute atomic E-state index is 0.173. The van der Waals surface area contributed by atoms with Gasteiger partial charge in [-0.3, -0.25) is 4.79 Å². The van der Waals surface area contributed by atoms with Crippen molar-refractivity contribution in [3.8, 4) is 5.69 Å². The molecule has 0 saturated carbocycles. The summed E-state index contributed by atoms with van der Waals surface area (Å²) in [5.74, 6) is 0.630. The Kier molecular flexibility index (Phi) is 5.20. The largest absolute Gasteiger partial charge is 0.316 e. The molecule has 0 spiro atoms. The maximum atomic E-state index is 13.0. The van der Waals surface area contributed by atoms with Crippen molar-refractivity contribution in [1.82, 2.24) is 14.2 Å². The second-order valence-corrected chi connectivity index (χ2v) is 7.89. The van der Waals surface area contributed by atoms with Crippen LogP contribution >= 0.6 is 15.9 Å². The van der Waals surface area contributed by atoms with Gasteiger partial charge in [0.15, 0.2) is 0 Å². The first-order valence-electron chi connectivity index (χ1n) is 9.48. The molecule has 0 atom stereocenters. The topological polar surface area (TPSA) is 52.2 Å². The number of aryl methyl sites for hydroxylation is 3. The molecule has 0 amide bonds. The van der Waals surface area contributed by atoms with Crippen molar-refractivity contribution in [2.45, 2.75) is 27.2 Å². The minimum Gasteiger partial charge on any atom is -0.316 e. The average Bonchev–Trinajstić information content (AvgIpc) is 3.18. The van der Waals surface area contributed by atoms with Crippen LogP contribution in [-0.4, -0.2) is 20.4 Å². The number of nitrogens with zero attached hydrogens (tertiary/aromatic N) is 4. The van der Waals surface area contributed by atoms with Crippen LogP contribution in [0.4, 0.5) is 0 Å². The Balaban J connectivity index is 1.80. The number of rotatable bonds is 4. The van der Waals surface area contributed by atoms with Crippen molar-refractivity contribution in [3.63, 3.8) is 0 Å². The molecule has 2 heterocycles. The van der Waals surface area contributed by atoms with Crippen LogP contribution < -0.4 is 5.56 Å². The van der Waals surface area contributed by atoms with Gasteiger partial charge in [0.1, 0.15) is 5.82 Å². The van der Waals surface area contributed by atoms with Crippen LogP contribution in [0, 0.1) is 13.8 Å². The summed E-state index contributed by atoms with van der Waals surface area (Å²) in [6.45, 7) is 6.17. The number of hydrogen-bond donors (Lipinski definition) is 0. The maximum Gasteiger partial charge on any atom is 0.282 e. The highest BCUT2D eigenvalue weighted by Gasteiger charge is 2.10. The van der Waals surface area contributed by atoms with E-state index in [-0.39, 0.29) is 5.56 Å². The highest BCUT2D eigenvalue weighted by Crippen LogP contribution is 2.18. The number of benzene rings is 2. The molecular formula is C23H21BrN4O. The molecule has 2 aromatic heterocycles. The Hall–Kier alpha value is -2.99. The third-order valence-electron chi connectivity index (χ3n) is 5.05. The van der Waals surface area contributed by atoms with Crippen LogP contribution in [-0.2, 0) is 6.42 Å². The fourth-order valence-electron chi connectivity index (χ4n) is 3.27. The minimum atomic E-state index is -0.173. The van der Waals surface area contributed by atoms with Crippen LogP contribution in [0.25, 0.3) is 16.6 Å². The molecule has 0 fully saturated rings. The van der Waals surface area contributed by atoms with Gasteiger partial charge in [0, 0.05) is 22.8 Å². The molecule has 0 saturated heterocycles. The first-order valence-corrected chi connectivity index (χ1v) is 10.3. The number of aromatic nitrogens is 3. The Morgan fingerprint density at radius 3 is 2.69 bits per heavy atom. The first-order chi connectivity index (χ1) is 14.0. The van der Waals surface area contributed by atoms with Gasteiger partial charge < -0.3 is 4.57 Å². The van der Waals surface area contributed by atoms with Crippen LogP contribution in [0.1, 0.15) is 29.6 Å². The molecule has 4 aromatic rings. The molecule has 6 heteroatoms. The quantitative estimate of drug-likeness (QED) is 0.412. The summed E-state index contributed by atoms with van der Waals surface area (Å²) in [4.78, 5) is 17.7. The zero-order valence-electron chi connectivity index (χ0n) is 16.6. The van der Waals surface area contributed by atoms with Gasteiger partial charge in [0.25, 0.3) is 5.56 Å². The van der Waals surface area contributed by atoms with E-state index in [4.69, 9.17) is 0 Å². The van der Waals surface area contributed by atoms with Gasteiger partial charge >= 0.3 is 0 Å². The summed E-state index contributed by atoms with van der Waals surface area (Å²) in [6, 6.07) is 15.8. The summed E-state index contributed by atoms with van der Waals surface area (Å²) >= 11 is 3.43. The molecule has 5 nitrogen and oxygen atoms in total. The third kappa shape index (κ3) is 3.68. The van der Waals surface area contributed by atoms with Crippen molar-refractivity contribution >= 4 is 33.0 Å². The Labute approximate surface area is 177 Å². The third-order valence-corrected chi connectivity index (χ3v) is 5.54. The molecule has 29 heavy (non-hydrogen) atoms. The lowest BCUT2D eigenvalue weighted by Crippen LogP contribution is -2.22. The molecule has 2 aromatic carbocycles. The summed E-state index contributed by atoms with van der Waals surface area (Å²) < 4.78 is 4.29. The zero-order chi connectivity index (χ0) is 20.5. The van der Waals surface area contributed by atoms with E-state index in [1.54, 1.807) is 12.3 Å². The molecule has 0 radical (unpaired) electrons. The number of halogens is 1. The summed E-state index contributed by atoms with van der Waals surface area (Å²) in [7, 11) is 0. The Morgan fingerprint density at radius 1 is 1.10 bits per heavy atom. The monoisotopic (exact) mass is 448 g/mol. The van der Waals surface area contributed by atoms with E-state index in [0.29, 0.717) is 23.1 Å². The van der Waals surface area contributed by atoms with Crippen molar-refractivity contribution in [1.29, 1.82) is 0 Å². The molecule has 0 aliphatic carbocycles. The molecule has 0 aliphatic rings. The van der Waals surface area contributed by atoms with Gasteiger partial charge in [-0.2, -0.15) is 9.78 Å². The van der Waals surface area contributed by atoms with Crippen molar-refractivity contribution in [2.75, 3.05) is 0 Å². The second kappa shape index (κ2) is 7.79. The standard InChI is InChI=1S/C23H21BrN4O/c1-4-22-26-21-10-8-17(24)13-20(21)23(29)28(22)25-14-19-6-5-11-27(19)18-9-7-15(2)16(3)12-18/h5-14H,4H2,1-3H3. The molecule has 0 aliphatic heterocycles. The normalized spacial score (nSPS) is 11.6. The maximum absolute atomic E-state index is 13.0. The van der Waals surface area contributed by atoms with E-state index in [0.717, 1.165) is 15.9 Å².